The summed E-state index contributed by atoms with van der Waals surface area (Å²) in [5, 5.41) is 0. The van der Waals surface area contributed by atoms with E-state index in [1.165, 1.54) is 4.31 Å². The van der Waals surface area contributed by atoms with Crippen LogP contribution in [0.1, 0.15) is 27.7 Å². The molecule has 4 heteroatoms. The number of rotatable bonds is 4. The zero-order valence-electron chi connectivity index (χ0n) is 8.53. The van der Waals surface area contributed by atoms with Crippen molar-refractivity contribution in [2.24, 2.45) is 5.92 Å². The molecule has 0 atom stereocenters. The molecule has 0 unspecified atom stereocenters. The molecule has 0 saturated carbocycles. The second kappa shape index (κ2) is 4.23. The minimum absolute atomic E-state index is 0.0498. The van der Waals surface area contributed by atoms with Crippen molar-refractivity contribution in [3.8, 4) is 0 Å². The summed E-state index contributed by atoms with van der Waals surface area (Å²) in [6.07, 6.45) is 0. The molecule has 0 N–H and O–H groups in total. The van der Waals surface area contributed by atoms with Gasteiger partial charge in [-0.3, -0.25) is 0 Å². The smallest absolute Gasteiger partial charge is 0.212 e. The van der Waals surface area contributed by atoms with E-state index >= 15 is 0 Å². The lowest BCUT2D eigenvalue weighted by atomic mass is 10.3. The lowest BCUT2D eigenvalue weighted by molar-refractivity contribution is 0.406. The summed E-state index contributed by atoms with van der Waals surface area (Å²) in [4.78, 5) is 0. The fourth-order valence-corrected chi connectivity index (χ4v) is 2.58. The lowest BCUT2D eigenvalue weighted by Gasteiger charge is -2.21. The van der Waals surface area contributed by atoms with Crippen LogP contribution in [0.2, 0.25) is 0 Å². The van der Waals surface area contributed by atoms with Crippen molar-refractivity contribution in [3.63, 3.8) is 0 Å². The zero-order valence-corrected chi connectivity index (χ0v) is 9.35. The predicted octanol–water partition coefficient (Wildman–Crippen LogP) is 1.31. The Labute approximate surface area is 75.8 Å². The zero-order chi connectivity index (χ0) is 9.94. The second-order valence-electron chi connectivity index (χ2n) is 3.78. The monoisotopic (exact) mass is 193 g/mol. The van der Waals surface area contributed by atoms with Crippen molar-refractivity contribution in [3.05, 3.63) is 0 Å². The molecule has 0 aliphatic carbocycles. The SMILES string of the molecule is CC(C)CS(=O)(=O)N(C)C(C)C. The minimum atomic E-state index is -3.03. The Balaban J connectivity index is 4.41. The van der Waals surface area contributed by atoms with E-state index in [1.807, 2.05) is 27.7 Å². The van der Waals surface area contributed by atoms with Gasteiger partial charge in [0.05, 0.1) is 5.75 Å². The Morgan fingerprint density at radius 2 is 1.58 bits per heavy atom. The van der Waals surface area contributed by atoms with E-state index in [1.54, 1.807) is 7.05 Å². The highest BCUT2D eigenvalue weighted by Gasteiger charge is 2.21. The molecule has 12 heavy (non-hydrogen) atoms. The highest BCUT2D eigenvalue weighted by molar-refractivity contribution is 7.89. The molecule has 0 aliphatic rings. The van der Waals surface area contributed by atoms with Gasteiger partial charge in [0.25, 0.3) is 0 Å². The van der Waals surface area contributed by atoms with Crippen molar-refractivity contribution in [1.29, 1.82) is 0 Å². The first-order valence-corrected chi connectivity index (χ1v) is 5.84. The van der Waals surface area contributed by atoms with E-state index < -0.39 is 10.0 Å². The molecule has 0 amide bonds. The van der Waals surface area contributed by atoms with Gasteiger partial charge < -0.3 is 0 Å². The van der Waals surface area contributed by atoms with Gasteiger partial charge in [0.2, 0.25) is 10.0 Å². The standard InChI is InChI=1S/C8H19NO2S/c1-7(2)6-12(10,11)9(5)8(3)4/h7-8H,6H2,1-5H3. The second-order valence-corrected chi connectivity index (χ2v) is 5.86. The van der Waals surface area contributed by atoms with Gasteiger partial charge in [-0.1, -0.05) is 13.8 Å². The summed E-state index contributed by atoms with van der Waals surface area (Å²) in [6, 6.07) is 0.0498. The van der Waals surface area contributed by atoms with E-state index in [0.717, 1.165) is 0 Å². The molecule has 0 aromatic heterocycles. The van der Waals surface area contributed by atoms with Gasteiger partial charge in [0.1, 0.15) is 0 Å². The Hall–Kier alpha value is -0.0900. The number of sulfonamides is 1. The summed E-state index contributed by atoms with van der Waals surface area (Å²) in [5.74, 6) is 0.429. The first kappa shape index (κ1) is 11.9. The molecule has 0 aliphatic heterocycles. The molecule has 0 rings (SSSR count). The van der Waals surface area contributed by atoms with Crippen LogP contribution < -0.4 is 0 Å². The normalized spacial score (nSPS) is 13.3. The maximum Gasteiger partial charge on any atom is 0.214 e. The van der Waals surface area contributed by atoms with E-state index in [-0.39, 0.29) is 17.7 Å². The summed E-state index contributed by atoms with van der Waals surface area (Å²) in [6.45, 7) is 7.56. The van der Waals surface area contributed by atoms with Crippen molar-refractivity contribution in [2.45, 2.75) is 33.7 Å². The van der Waals surface area contributed by atoms with Crippen molar-refractivity contribution < 1.29 is 8.42 Å². The first-order valence-electron chi connectivity index (χ1n) is 4.23. The van der Waals surface area contributed by atoms with Crippen LogP contribution in [-0.4, -0.2) is 31.6 Å². The minimum Gasteiger partial charge on any atom is -0.212 e. The third-order valence-corrected chi connectivity index (χ3v) is 4.10. The summed E-state index contributed by atoms with van der Waals surface area (Å²) < 4.78 is 24.4. The Morgan fingerprint density at radius 3 is 1.83 bits per heavy atom. The van der Waals surface area contributed by atoms with Gasteiger partial charge in [-0.05, 0) is 19.8 Å². The molecule has 0 fully saturated rings. The molecule has 0 aromatic carbocycles. The highest BCUT2D eigenvalue weighted by atomic mass is 32.2. The Bertz CT molecular complexity index is 219. The summed E-state index contributed by atoms with van der Waals surface area (Å²) in [5.41, 5.74) is 0. The molecule has 74 valence electrons. The summed E-state index contributed by atoms with van der Waals surface area (Å²) in [7, 11) is -1.40. The van der Waals surface area contributed by atoms with Crippen LogP contribution in [0.4, 0.5) is 0 Å². The molecule has 0 radical (unpaired) electrons. The van der Waals surface area contributed by atoms with Crippen LogP contribution in [0.5, 0.6) is 0 Å². The summed E-state index contributed by atoms with van der Waals surface area (Å²) >= 11 is 0. The highest BCUT2D eigenvalue weighted by Crippen LogP contribution is 2.07. The molecule has 0 saturated heterocycles. The Kier molecular flexibility index (Phi) is 4.20. The van der Waals surface area contributed by atoms with E-state index in [0.29, 0.717) is 0 Å². The topological polar surface area (TPSA) is 37.4 Å². The molecule has 0 spiro atoms. The van der Waals surface area contributed by atoms with Crippen LogP contribution in [0, 0.1) is 5.92 Å². The largest absolute Gasteiger partial charge is 0.214 e. The molecule has 3 nitrogen and oxygen atoms in total. The van der Waals surface area contributed by atoms with Crippen molar-refractivity contribution in [1.82, 2.24) is 4.31 Å². The maximum absolute atomic E-state index is 11.5. The van der Waals surface area contributed by atoms with Crippen LogP contribution in [0.25, 0.3) is 0 Å². The first-order chi connectivity index (χ1) is 5.27. The Morgan fingerprint density at radius 1 is 1.17 bits per heavy atom. The number of nitrogens with zero attached hydrogens (tertiary/aromatic N) is 1. The third kappa shape index (κ3) is 3.54. The van der Waals surface area contributed by atoms with Gasteiger partial charge in [0.15, 0.2) is 0 Å². The number of hydrogen-bond acceptors (Lipinski definition) is 2. The fraction of sp³-hybridized carbons (Fsp3) is 1.00. The van der Waals surface area contributed by atoms with E-state index in [4.69, 9.17) is 0 Å². The van der Waals surface area contributed by atoms with Crippen molar-refractivity contribution >= 4 is 10.0 Å². The predicted molar refractivity (Wildman–Crippen MR) is 51.5 cm³/mol. The average Bonchev–Trinajstić information content (AvgIpc) is 1.82. The van der Waals surface area contributed by atoms with Gasteiger partial charge in [0, 0.05) is 13.1 Å². The van der Waals surface area contributed by atoms with Crippen LogP contribution >= 0.6 is 0 Å². The van der Waals surface area contributed by atoms with Gasteiger partial charge in [-0.15, -0.1) is 0 Å². The maximum atomic E-state index is 11.5. The lowest BCUT2D eigenvalue weighted by Crippen LogP contribution is -2.36. The molecular weight excluding hydrogens is 174 g/mol. The van der Waals surface area contributed by atoms with Crippen molar-refractivity contribution in [2.75, 3.05) is 12.8 Å². The van der Waals surface area contributed by atoms with E-state index in [9.17, 15) is 8.42 Å². The van der Waals surface area contributed by atoms with Gasteiger partial charge in [-0.25, -0.2) is 12.7 Å². The van der Waals surface area contributed by atoms with E-state index in [2.05, 4.69) is 0 Å². The number of hydrogen-bond donors (Lipinski definition) is 0. The molecule has 0 aromatic rings. The third-order valence-electron chi connectivity index (χ3n) is 1.71. The van der Waals surface area contributed by atoms with Gasteiger partial charge >= 0.3 is 0 Å². The van der Waals surface area contributed by atoms with Crippen LogP contribution in [0.15, 0.2) is 0 Å². The average molecular weight is 193 g/mol. The molecule has 0 bridgehead atoms. The van der Waals surface area contributed by atoms with Crippen LogP contribution in [0.3, 0.4) is 0 Å². The molecule has 0 heterocycles. The fourth-order valence-electron chi connectivity index (χ4n) is 0.860. The molecular formula is C8H19NO2S. The van der Waals surface area contributed by atoms with Crippen LogP contribution in [-0.2, 0) is 10.0 Å². The van der Waals surface area contributed by atoms with Gasteiger partial charge in [-0.2, -0.15) is 0 Å². The quantitative estimate of drug-likeness (QED) is 0.675.